The molecule has 0 aliphatic carbocycles. The molecule has 2 aromatic rings. The van der Waals surface area contributed by atoms with Crippen LogP contribution in [0.3, 0.4) is 0 Å². The Morgan fingerprint density at radius 1 is 1.33 bits per heavy atom. The fourth-order valence-corrected chi connectivity index (χ4v) is 1.02. The highest BCUT2D eigenvalue weighted by Gasteiger charge is 2.01. The molecule has 0 fully saturated rings. The van der Waals surface area contributed by atoms with Crippen molar-refractivity contribution in [2.45, 2.75) is 6.92 Å². The molecule has 0 spiro atoms. The van der Waals surface area contributed by atoms with Crippen molar-refractivity contribution in [2.24, 2.45) is 0 Å². The van der Waals surface area contributed by atoms with Gasteiger partial charge in [0.25, 0.3) is 0 Å². The molecule has 3 heteroatoms. The summed E-state index contributed by atoms with van der Waals surface area (Å²) in [6, 6.07) is 5.79. The fraction of sp³-hybridized carbons (Fsp3) is 0.111. The molecule has 0 bridgehead atoms. The molecule has 0 saturated carbocycles. The molecular weight excluding hydrogens is 152 g/mol. The molecule has 0 amide bonds. The Balaban J connectivity index is 2.48. The SMILES string of the molecule is Cc1cccc(-c2cnco2)n1. The van der Waals surface area contributed by atoms with Crippen LogP contribution in [-0.4, -0.2) is 9.97 Å². The van der Waals surface area contributed by atoms with Crippen LogP contribution in [0.15, 0.2) is 35.2 Å². The van der Waals surface area contributed by atoms with E-state index in [2.05, 4.69) is 9.97 Å². The molecule has 0 saturated heterocycles. The summed E-state index contributed by atoms with van der Waals surface area (Å²) >= 11 is 0. The van der Waals surface area contributed by atoms with Crippen molar-refractivity contribution >= 4 is 0 Å². The predicted molar refractivity (Wildman–Crippen MR) is 44.5 cm³/mol. The first kappa shape index (κ1) is 7.03. The van der Waals surface area contributed by atoms with E-state index in [0.717, 1.165) is 11.4 Å². The number of rotatable bonds is 1. The maximum atomic E-state index is 5.10. The van der Waals surface area contributed by atoms with Gasteiger partial charge in [0, 0.05) is 5.69 Å². The van der Waals surface area contributed by atoms with Crippen molar-refractivity contribution in [1.29, 1.82) is 0 Å². The number of aromatic nitrogens is 2. The lowest BCUT2D eigenvalue weighted by atomic mass is 10.3. The van der Waals surface area contributed by atoms with Gasteiger partial charge in [0.15, 0.2) is 12.2 Å². The van der Waals surface area contributed by atoms with Crippen LogP contribution in [0.25, 0.3) is 11.5 Å². The summed E-state index contributed by atoms with van der Waals surface area (Å²) in [4.78, 5) is 8.10. The Morgan fingerprint density at radius 2 is 2.25 bits per heavy atom. The van der Waals surface area contributed by atoms with Crippen molar-refractivity contribution in [3.8, 4) is 11.5 Å². The maximum Gasteiger partial charge on any atom is 0.181 e. The number of aryl methyl sites for hydroxylation is 1. The predicted octanol–water partition coefficient (Wildman–Crippen LogP) is 2.05. The topological polar surface area (TPSA) is 38.9 Å². The van der Waals surface area contributed by atoms with E-state index in [1.807, 2.05) is 25.1 Å². The summed E-state index contributed by atoms with van der Waals surface area (Å²) in [5.74, 6) is 0.707. The van der Waals surface area contributed by atoms with Gasteiger partial charge in [0.1, 0.15) is 5.69 Å². The van der Waals surface area contributed by atoms with Crippen molar-refractivity contribution in [2.75, 3.05) is 0 Å². The van der Waals surface area contributed by atoms with Crippen LogP contribution in [0.5, 0.6) is 0 Å². The first-order valence-corrected chi connectivity index (χ1v) is 3.69. The van der Waals surface area contributed by atoms with Crippen molar-refractivity contribution < 1.29 is 4.42 Å². The summed E-state index contributed by atoms with van der Waals surface area (Å²) < 4.78 is 5.10. The first-order valence-electron chi connectivity index (χ1n) is 3.69. The molecule has 2 heterocycles. The van der Waals surface area contributed by atoms with Crippen molar-refractivity contribution in [1.82, 2.24) is 9.97 Å². The molecule has 2 rings (SSSR count). The van der Waals surface area contributed by atoms with Crippen LogP contribution < -0.4 is 0 Å². The molecule has 0 radical (unpaired) electrons. The number of oxazole rings is 1. The summed E-state index contributed by atoms with van der Waals surface area (Å²) in [7, 11) is 0. The van der Waals surface area contributed by atoms with Crippen LogP contribution in [0.4, 0.5) is 0 Å². The third kappa shape index (κ3) is 1.21. The summed E-state index contributed by atoms with van der Waals surface area (Å²) in [5, 5.41) is 0. The highest BCUT2D eigenvalue weighted by molar-refractivity contribution is 5.50. The molecule has 2 aromatic heterocycles. The smallest absolute Gasteiger partial charge is 0.181 e. The van der Waals surface area contributed by atoms with E-state index in [1.165, 1.54) is 6.39 Å². The van der Waals surface area contributed by atoms with Crippen LogP contribution >= 0.6 is 0 Å². The van der Waals surface area contributed by atoms with E-state index in [4.69, 9.17) is 4.42 Å². The number of hydrogen-bond donors (Lipinski definition) is 0. The average molecular weight is 160 g/mol. The Labute approximate surface area is 70.1 Å². The second-order valence-electron chi connectivity index (χ2n) is 2.53. The van der Waals surface area contributed by atoms with Gasteiger partial charge >= 0.3 is 0 Å². The number of nitrogens with zero attached hydrogens (tertiary/aromatic N) is 2. The summed E-state index contributed by atoms with van der Waals surface area (Å²) in [6.07, 6.45) is 3.06. The molecule has 3 nitrogen and oxygen atoms in total. The zero-order chi connectivity index (χ0) is 8.39. The highest BCUT2D eigenvalue weighted by atomic mass is 16.3. The van der Waals surface area contributed by atoms with Gasteiger partial charge < -0.3 is 4.42 Å². The van der Waals surface area contributed by atoms with E-state index in [0.29, 0.717) is 5.76 Å². The Kier molecular flexibility index (Phi) is 1.63. The van der Waals surface area contributed by atoms with Gasteiger partial charge in [0.05, 0.1) is 6.20 Å². The van der Waals surface area contributed by atoms with E-state index in [9.17, 15) is 0 Å². The number of pyridine rings is 1. The average Bonchev–Trinajstić information content (AvgIpc) is 2.56. The molecule has 60 valence electrons. The minimum atomic E-state index is 0.707. The monoisotopic (exact) mass is 160 g/mol. The Hall–Kier alpha value is -1.64. The molecule has 0 N–H and O–H groups in total. The van der Waals surface area contributed by atoms with E-state index >= 15 is 0 Å². The van der Waals surface area contributed by atoms with Crippen molar-refractivity contribution in [3.63, 3.8) is 0 Å². The lowest BCUT2D eigenvalue weighted by Gasteiger charge is -1.95. The third-order valence-electron chi connectivity index (χ3n) is 1.57. The van der Waals surface area contributed by atoms with Gasteiger partial charge in [-0.05, 0) is 19.1 Å². The minimum absolute atomic E-state index is 0.707. The molecular formula is C9H8N2O. The second-order valence-corrected chi connectivity index (χ2v) is 2.53. The van der Waals surface area contributed by atoms with Gasteiger partial charge in [0.2, 0.25) is 0 Å². The summed E-state index contributed by atoms with van der Waals surface area (Å²) in [6.45, 7) is 1.94. The fourth-order valence-electron chi connectivity index (χ4n) is 1.02. The van der Waals surface area contributed by atoms with E-state index in [-0.39, 0.29) is 0 Å². The molecule has 0 aromatic carbocycles. The lowest BCUT2D eigenvalue weighted by Crippen LogP contribution is -1.83. The number of hydrogen-bond acceptors (Lipinski definition) is 3. The standard InChI is InChI=1S/C9H8N2O/c1-7-3-2-4-8(11-7)9-5-10-6-12-9/h2-6H,1H3. The quantitative estimate of drug-likeness (QED) is 0.640. The normalized spacial score (nSPS) is 10.1. The third-order valence-corrected chi connectivity index (χ3v) is 1.57. The maximum absolute atomic E-state index is 5.10. The second kappa shape index (κ2) is 2.77. The summed E-state index contributed by atoms with van der Waals surface area (Å²) in [5.41, 5.74) is 1.80. The molecule has 0 aliphatic rings. The van der Waals surface area contributed by atoms with Crippen molar-refractivity contribution in [3.05, 3.63) is 36.5 Å². The molecule has 0 unspecified atom stereocenters. The Morgan fingerprint density at radius 3 is 2.92 bits per heavy atom. The first-order chi connectivity index (χ1) is 5.86. The highest BCUT2D eigenvalue weighted by Crippen LogP contribution is 2.15. The van der Waals surface area contributed by atoms with Gasteiger partial charge in [-0.25, -0.2) is 9.97 Å². The van der Waals surface area contributed by atoms with Gasteiger partial charge in [-0.15, -0.1) is 0 Å². The lowest BCUT2D eigenvalue weighted by molar-refractivity contribution is 0.569. The minimum Gasteiger partial charge on any atom is -0.442 e. The molecule has 12 heavy (non-hydrogen) atoms. The van der Waals surface area contributed by atoms with E-state index < -0.39 is 0 Å². The van der Waals surface area contributed by atoms with E-state index in [1.54, 1.807) is 6.20 Å². The van der Waals surface area contributed by atoms with Crippen LogP contribution in [0.1, 0.15) is 5.69 Å². The molecule has 0 atom stereocenters. The molecule has 0 aliphatic heterocycles. The van der Waals surface area contributed by atoms with Gasteiger partial charge in [-0.2, -0.15) is 0 Å². The zero-order valence-corrected chi connectivity index (χ0v) is 6.69. The largest absolute Gasteiger partial charge is 0.442 e. The van der Waals surface area contributed by atoms with Crippen LogP contribution in [0.2, 0.25) is 0 Å². The van der Waals surface area contributed by atoms with Gasteiger partial charge in [-0.3, -0.25) is 0 Å². The van der Waals surface area contributed by atoms with Gasteiger partial charge in [-0.1, -0.05) is 6.07 Å². The Bertz CT molecular complexity index is 368. The van der Waals surface area contributed by atoms with Crippen LogP contribution in [0, 0.1) is 6.92 Å². The van der Waals surface area contributed by atoms with Crippen LogP contribution in [-0.2, 0) is 0 Å². The zero-order valence-electron chi connectivity index (χ0n) is 6.69.